The van der Waals surface area contributed by atoms with Crippen LogP contribution in [0.4, 0.5) is 5.69 Å². The number of hydrogen-bond acceptors (Lipinski definition) is 3. The number of hydrogen-bond donors (Lipinski definition) is 2. The molecule has 0 aromatic heterocycles. The fraction of sp³-hybridized carbons (Fsp3) is 0.278. The predicted molar refractivity (Wildman–Crippen MR) is 94.1 cm³/mol. The maximum absolute atomic E-state index is 12.2. The number of benzene rings is 2. The zero-order chi connectivity index (χ0) is 15.2. The molecule has 0 radical (unpaired) electrons. The molecule has 5 heteroatoms. The van der Waals surface area contributed by atoms with Gasteiger partial charge in [0.1, 0.15) is 12.4 Å². The van der Waals surface area contributed by atoms with E-state index in [2.05, 4.69) is 10.6 Å². The molecule has 1 atom stereocenters. The molecule has 0 saturated carbocycles. The van der Waals surface area contributed by atoms with Crippen molar-refractivity contribution in [2.24, 2.45) is 5.92 Å². The van der Waals surface area contributed by atoms with Gasteiger partial charge in [0.2, 0.25) is 5.91 Å². The van der Waals surface area contributed by atoms with Crippen LogP contribution < -0.4 is 15.4 Å². The van der Waals surface area contributed by atoms with Gasteiger partial charge in [0.25, 0.3) is 0 Å². The number of ether oxygens (including phenoxy) is 1. The highest BCUT2D eigenvalue weighted by Gasteiger charge is 2.22. The molecular weight excluding hydrogens is 312 g/mol. The molecule has 122 valence electrons. The van der Waals surface area contributed by atoms with E-state index in [0.717, 1.165) is 36.5 Å². The predicted octanol–water partition coefficient (Wildman–Crippen LogP) is 3.24. The molecular formula is C18H21ClN2O2. The lowest BCUT2D eigenvalue weighted by atomic mass is 10.1. The van der Waals surface area contributed by atoms with Crippen LogP contribution in [0.3, 0.4) is 0 Å². The number of nitrogens with one attached hydrogen (secondary N) is 2. The molecule has 2 N–H and O–H groups in total. The van der Waals surface area contributed by atoms with E-state index in [0.29, 0.717) is 6.61 Å². The Balaban J connectivity index is 0.00000192. The largest absolute Gasteiger partial charge is 0.489 e. The van der Waals surface area contributed by atoms with Crippen molar-refractivity contribution in [2.45, 2.75) is 13.0 Å². The first-order valence-corrected chi connectivity index (χ1v) is 7.60. The zero-order valence-corrected chi connectivity index (χ0v) is 13.6. The van der Waals surface area contributed by atoms with Gasteiger partial charge < -0.3 is 15.4 Å². The second-order valence-corrected chi connectivity index (χ2v) is 5.44. The van der Waals surface area contributed by atoms with Gasteiger partial charge in [-0.1, -0.05) is 36.4 Å². The van der Waals surface area contributed by atoms with Gasteiger partial charge in [-0.05, 0) is 31.2 Å². The number of anilines is 1. The standard InChI is InChI=1S/C18H20N2O2.ClH/c21-18(14-10-11-19-12-14)20-17-9-5-4-6-15(17)13-22-16-7-2-1-3-8-16;/h1-9,14,19H,10-13H2,(H,20,21);1H. The third-order valence-electron chi connectivity index (χ3n) is 3.84. The summed E-state index contributed by atoms with van der Waals surface area (Å²) in [4.78, 5) is 12.2. The Hall–Kier alpha value is -2.04. The first-order chi connectivity index (χ1) is 10.8. The molecule has 1 fully saturated rings. The average molecular weight is 333 g/mol. The van der Waals surface area contributed by atoms with E-state index < -0.39 is 0 Å². The lowest BCUT2D eigenvalue weighted by molar-refractivity contribution is -0.119. The molecule has 1 saturated heterocycles. The molecule has 3 rings (SSSR count). The summed E-state index contributed by atoms with van der Waals surface area (Å²) >= 11 is 0. The smallest absolute Gasteiger partial charge is 0.228 e. The summed E-state index contributed by atoms with van der Waals surface area (Å²) in [6.45, 7) is 2.11. The van der Waals surface area contributed by atoms with Crippen molar-refractivity contribution in [2.75, 3.05) is 18.4 Å². The SMILES string of the molecule is Cl.O=C(Nc1ccccc1COc1ccccc1)C1CCNC1. The van der Waals surface area contributed by atoms with Crippen LogP contribution in [0.5, 0.6) is 5.75 Å². The third kappa shape index (κ3) is 4.71. The Kier molecular flexibility index (Phi) is 6.44. The summed E-state index contributed by atoms with van der Waals surface area (Å²) in [5, 5.41) is 6.24. The molecule has 1 aliphatic heterocycles. The number of carbonyl (C=O) groups is 1. The summed E-state index contributed by atoms with van der Waals surface area (Å²) in [5.41, 5.74) is 1.81. The Morgan fingerprint density at radius 1 is 1.13 bits per heavy atom. The van der Waals surface area contributed by atoms with E-state index in [4.69, 9.17) is 4.74 Å². The van der Waals surface area contributed by atoms with Gasteiger partial charge in [-0.25, -0.2) is 0 Å². The summed E-state index contributed by atoms with van der Waals surface area (Å²) in [5.74, 6) is 0.962. The van der Waals surface area contributed by atoms with E-state index >= 15 is 0 Å². The van der Waals surface area contributed by atoms with Crippen molar-refractivity contribution in [3.8, 4) is 5.75 Å². The maximum atomic E-state index is 12.2. The van der Waals surface area contributed by atoms with Crippen LogP contribution in [-0.4, -0.2) is 19.0 Å². The van der Waals surface area contributed by atoms with Crippen LogP contribution in [0.25, 0.3) is 0 Å². The Labute approximate surface area is 142 Å². The third-order valence-corrected chi connectivity index (χ3v) is 3.84. The molecule has 1 amide bonds. The summed E-state index contributed by atoms with van der Waals surface area (Å²) in [6.07, 6.45) is 0.897. The van der Waals surface area contributed by atoms with E-state index in [-0.39, 0.29) is 24.2 Å². The fourth-order valence-electron chi connectivity index (χ4n) is 2.56. The number of carbonyl (C=O) groups excluding carboxylic acids is 1. The van der Waals surface area contributed by atoms with Crippen molar-refractivity contribution in [3.05, 3.63) is 60.2 Å². The van der Waals surface area contributed by atoms with Crippen LogP contribution in [0.15, 0.2) is 54.6 Å². The van der Waals surface area contributed by atoms with E-state index in [1.165, 1.54) is 0 Å². The van der Waals surface area contributed by atoms with Gasteiger partial charge >= 0.3 is 0 Å². The maximum Gasteiger partial charge on any atom is 0.228 e. The van der Waals surface area contributed by atoms with E-state index in [9.17, 15) is 4.79 Å². The van der Waals surface area contributed by atoms with E-state index in [1.807, 2.05) is 54.6 Å². The summed E-state index contributed by atoms with van der Waals surface area (Å²) in [6, 6.07) is 17.5. The van der Waals surface area contributed by atoms with Crippen LogP contribution in [-0.2, 0) is 11.4 Å². The molecule has 0 bridgehead atoms. The number of rotatable bonds is 5. The van der Waals surface area contributed by atoms with Gasteiger partial charge in [-0.15, -0.1) is 12.4 Å². The average Bonchev–Trinajstić information content (AvgIpc) is 3.10. The first kappa shape index (κ1) is 17.3. The number of amides is 1. The van der Waals surface area contributed by atoms with Crippen molar-refractivity contribution in [3.63, 3.8) is 0 Å². The fourth-order valence-corrected chi connectivity index (χ4v) is 2.56. The highest BCUT2D eigenvalue weighted by Crippen LogP contribution is 2.20. The molecule has 1 unspecified atom stereocenters. The molecule has 0 aliphatic carbocycles. The second kappa shape index (κ2) is 8.56. The molecule has 2 aromatic rings. The monoisotopic (exact) mass is 332 g/mol. The Morgan fingerprint density at radius 2 is 1.87 bits per heavy atom. The van der Waals surface area contributed by atoms with Crippen molar-refractivity contribution in [1.82, 2.24) is 5.32 Å². The Bertz CT molecular complexity index is 628. The van der Waals surface area contributed by atoms with Crippen molar-refractivity contribution >= 4 is 24.0 Å². The van der Waals surface area contributed by atoms with Gasteiger partial charge in [-0.2, -0.15) is 0 Å². The van der Waals surface area contributed by atoms with Crippen LogP contribution in [0.1, 0.15) is 12.0 Å². The van der Waals surface area contributed by atoms with Crippen molar-refractivity contribution < 1.29 is 9.53 Å². The lowest BCUT2D eigenvalue weighted by Gasteiger charge is -2.14. The lowest BCUT2D eigenvalue weighted by Crippen LogP contribution is -2.25. The molecule has 2 aromatic carbocycles. The molecule has 1 heterocycles. The minimum absolute atomic E-state index is 0. The highest BCUT2D eigenvalue weighted by atomic mass is 35.5. The van der Waals surface area contributed by atoms with Crippen LogP contribution in [0.2, 0.25) is 0 Å². The summed E-state index contributed by atoms with van der Waals surface area (Å²) < 4.78 is 5.78. The van der Waals surface area contributed by atoms with Crippen molar-refractivity contribution in [1.29, 1.82) is 0 Å². The minimum Gasteiger partial charge on any atom is -0.489 e. The second-order valence-electron chi connectivity index (χ2n) is 5.44. The number of para-hydroxylation sites is 2. The van der Waals surface area contributed by atoms with E-state index in [1.54, 1.807) is 0 Å². The van der Waals surface area contributed by atoms with Crippen LogP contribution >= 0.6 is 12.4 Å². The van der Waals surface area contributed by atoms with Gasteiger partial charge in [0, 0.05) is 17.8 Å². The number of halogens is 1. The first-order valence-electron chi connectivity index (χ1n) is 7.60. The molecule has 0 spiro atoms. The molecule has 1 aliphatic rings. The van der Waals surface area contributed by atoms with Crippen LogP contribution in [0, 0.1) is 5.92 Å². The quantitative estimate of drug-likeness (QED) is 0.883. The topological polar surface area (TPSA) is 50.4 Å². The molecule has 23 heavy (non-hydrogen) atoms. The Morgan fingerprint density at radius 3 is 2.61 bits per heavy atom. The van der Waals surface area contributed by atoms with Gasteiger partial charge in [0.05, 0.1) is 5.92 Å². The minimum atomic E-state index is 0. The highest BCUT2D eigenvalue weighted by molar-refractivity contribution is 5.93. The zero-order valence-electron chi connectivity index (χ0n) is 12.8. The normalized spacial score (nSPS) is 16.4. The molecule has 4 nitrogen and oxygen atoms in total. The summed E-state index contributed by atoms with van der Waals surface area (Å²) in [7, 11) is 0. The van der Waals surface area contributed by atoms with Gasteiger partial charge in [0.15, 0.2) is 0 Å². The van der Waals surface area contributed by atoms with Gasteiger partial charge in [-0.3, -0.25) is 4.79 Å².